The van der Waals surface area contributed by atoms with Crippen molar-refractivity contribution in [2.45, 2.75) is 40.2 Å². The van der Waals surface area contributed by atoms with Crippen LogP contribution in [0, 0.1) is 23.2 Å². The van der Waals surface area contributed by atoms with E-state index in [0.29, 0.717) is 5.71 Å². The van der Waals surface area contributed by atoms with Crippen molar-refractivity contribution in [2.75, 3.05) is 0 Å². The minimum atomic E-state index is -0.636. The number of carbonyl (C=O) groups excluding carboxylic acids is 2. The van der Waals surface area contributed by atoms with Gasteiger partial charge in [0.2, 0.25) is 5.91 Å². The van der Waals surface area contributed by atoms with E-state index in [4.69, 9.17) is 5.26 Å². The maximum atomic E-state index is 11.8. The van der Waals surface area contributed by atoms with E-state index in [1.54, 1.807) is 27.7 Å². The lowest BCUT2D eigenvalue weighted by molar-refractivity contribution is -0.135. The molecule has 0 spiro atoms. The summed E-state index contributed by atoms with van der Waals surface area (Å²) >= 11 is 0. The fraction of sp³-hybridized carbons (Fsp3) is 0.667. The number of amides is 1. The second-order valence-electron chi connectivity index (χ2n) is 4.75. The molecule has 1 rings (SSSR count). The van der Waals surface area contributed by atoms with E-state index in [2.05, 4.69) is 5.10 Å². The highest BCUT2D eigenvalue weighted by Crippen LogP contribution is 2.19. The Morgan fingerprint density at radius 1 is 1.35 bits per heavy atom. The molecule has 1 unspecified atom stereocenters. The molecule has 17 heavy (non-hydrogen) atoms. The molecule has 0 bridgehead atoms. The largest absolute Gasteiger partial charge is 0.292 e. The summed E-state index contributed by atoms with van der Waals surface area (Å²) in [6.45, 7) is 7.04. The summed E-state index contributed by atoms with van der Waals surface area (Å²) < 4.78 is 0. The third-order valence-corrected chi connectivity index (χ3v) is 2.59. The number of ketones is 1. The van der Waals surface area contributed by atoms with E-state index >= 15 is 0 Å². The van der Waals surface area contributed by atoms with Crippen LogP contribution in [0.4, 0.5) is 0 Å². The molecule has 0 aromatic carbocycles. The molecule has 0 aromatic rings. The molecular formula is C12H17N3O2. The Balaban J connectivity index is 2.94. The summed E-state index contributed by atoms with van der Waals surface area (Å²) in [5.74, 6) is -0.710. The first-order valence-corrected chi connectivity index (χ1v) is 5.72. The standard InChI is InChI=1S/C12H17N3O2/c1-7(2)11(16)10-5-9(6-13)15(14-10)12(17)8(3)4/h7-9H,5H2,1-4H3. The van der Waals surface area contributed by atoms with Gasteiger partial charge in [-0.3, -0.25) is 9.59 Å². The van der Waals surface area contributed by atoms with Gasteiger partial charge in [0.05, 0.1) is 6.07 Å². The predicted octanol–water partition coefficient (Wildman–Crippen LogP) is 1.35. The number of hydrogen-bond donors (Lipinski definition) is 0. The minimum Gasteiger partial charge on any atom is -0.292 e. The maximum absolute atomic E-state index is 11.8. The highest BCUT2D eigenvalue weighted by Gasteiger charge is 2.35. The second-order valence-corrected chi connectivity index (χ2v) is 4.75. The Morgan fingerprint density at radius 2 is 1.94 bits per heavy atom. The van der Waals surface area contributed by atoms with Gasteiger partial charge in [0.1, 0.15) is 11.8 Å². The van der Waals surface area contributed by atoms with Crippen molar-refractivity contribution in [1.82, 2.24) is 5.01 Å². The van der Waals surface area contributed by atoms with Crippen LogP contribution in [0.3, 0.4) is 0 Å². The van der Waals surface area contributed by atoms with Crippen molar-refractivity contribution in [3.8, 4) is 6.07 Å². The van der Waals surface area contributed by atoms with Gasteiger partial charge in [-0.05, 0) is 0 Å². The van der Waals surface area contributed by atoms with Crippen molar-refractivity contribution in [3.05, 3.63) is 0 Å². The lowest BCUT2D eigenvalue weighted by Gasteiger charge is -2.17. The Hall–Kier alpha value is -1.70. The lowest BCUT2D eigenvalue weighted by Crippen LogP contribution is -2.34. The zero-order chi connectivity index (χ0) is 13.2. The van der Waals surface area contributed by atoms with Crippen LogP contribution in [0.25, 0.3) is 0 Å². The van der Waals surface area contributed by atoms with Gasteiger partial charge in [0.15, 0.2) is 5.78 Å². The van der Waals surface area contributed by atoms with E-state index < -0.39 is 6.04 Å². The molecule has 0 aliphatic carbocycles. The average Bonchev–Trinajstić information content (AvgIpc) is 2.70. The van der Waals surface area contributed by atoms with Crippen LogP contribution in [0.5, 0.6) is 0 Å². The van der Waals surface area contributed by atoms with Gasteiger partial charge in [0, 0.05) is 18.3 Å². The van der Waals surface area contributed by atoms with E-state index in [1.807, 2.05) is 6.07 Å². The molecular weight excluding hydrogens is 218 g/mol. The zero-order valence-corrected chi connectivity index (χ0v) is 10.6. The minimum absolute atomic E-state index is 0.0932. The normalized spacial score (nSPS) is 19.5. The molecule has 92 valence electrons. The first kappa shape index (κ1) is 13.4. The van der Waals surface area contributed by atoms with Gasteiger partial charge >= 0.3 is 0 Å². The fourth-order valence-electron chi connectivity index (χ4n) is 1.56. The molecule has 1 amide bonds. The van der Waals surface area contributed by atoms with E-state index in [0.717, 1.165) is 5.01 Å². The summed E-state index contributed by atoms with van der Waals surface area (Å²) in [6.07, 6.45) is 0.242. The predicted molar refractivity (Wildman–Crippen MR) is 63.0 cm³/mol. The summed E-state index contributed by atoms with van der Waals surface area (Å²) in [4.78, 5) is 23.6. The Kier molecular flexibility index (Phi) is 4.00. The summed E-state index contributed by atoms with van der Waals surface area (Å²) in [5.41, 5.74) is 0.334. The average molecular weight is 235 g/mol. The number of hydrazone groups is 1. The van der Waals surface area contributed by atoms with Gasteiger partial charge in [-0.25, -0.2) is 5.01 Å². The topological polar surface area (TPSA) is 73.5 Å². The van der Waals surface area contributed by atoms with E-state index in [9.17, 15) is 9.59 Å². The first-order valence-electron chi connectivity index (χ1n) is 5.72. The van der Waals surface area contributed by atoms with Crippen molar-refractivity contribution in [1.29, 1.82) is 5.26 Å². The van der Waals surface area contributed by atoms with Gasteiger partial charge in [-0.1, -0.05) is 27.7 Å². The Bertz CT molecular complexity index is 404. The van der Waals surface area contributed by atoms with Gasteiger partial charge < -0.3 is 0 Å². The highest BCUT2D eigenvalue weighted by atomic mass is 16.2. The van der Waals surface area contributed by atoms with E-state index in [-0.39, 0.29) is 29.9 Å². The SMILES string of the molecule is CC(C)C(=O)C1=NN(C(=O)C(C)C)C(C#N)C1. The van der Waals surface area contributed by atoms with Crippen LogP contribution in [-0.2, 0) is 9.59 Å². The third kappa shape index (κ3) is 2.70. The maximum Gasteiger partial charge on any atom is 0.246 e. The van der Waals surface area contributed by atoms with Crippen molar-refractivity contribution in [3.63, 3.8) is 0 Å². The third-order valence-electron chi connectivity index (χ3n) is 2.59. The van der Waals surface area contributed by atoms with Crippen LogP contribution in [-0.4, -0.2) is 28.5 Å². The van der Waals surface area contributed by atoms with Gasteiger partial charge in [-0.2, -0.15) is 10.4 Å². The van der Waals surface area contributed by atoms with Crippen LogP contribution in [0.2, 0.25) is 0 Å². The molecule has 0 N–H and O–H groups in total. The molecule has 0 fully saturated rings. The summed E-state index contributed by atoms with van der Waals surface area (Å²) in [6, 6.07) is 1.38. The number of carbonyl (C=O) groups is 2. The number of nitriles is 1. The fourth-order valence-corrected chi connectivity index (χ4v) is 1.56. The van der Waals surface area contributed by atoms with Crippen molar-refractivity contribution < 1.29 is 9.59 Å². The highest BCUT2D eigenvalue weighted by molar-refractivity contribution is 6.41. The number of rotatable bonds is 3. The summed E-state index contributed by atoms with van der Waals surface area (Å²) in [7, 11) is 0. The van der Waals surface area contributed by atoms with Crippen molar-refractivity contribution >= 4 is 17.4 Å². The molecule has 5 nitrogen and oxygen atoms in total. The van der Waals surface area contributed by atoms with Crippen LogP contribution in [0.15, 0.2) is 5.10 Å². The van der Waals surface area contributed by atoms with Crippen LogP contribution in [0.1, 0.15) is 34.1 Å². The first-order chi connectivity index (χ1) is 7.88. The molecule has 1 heterocycles. The quantitative estimate of drug-likeness (QED) is 0.741. The van der Waals surface area contributed by atoms with Gasteiger partial charge in [0.25, 0.3) is 0 Å². The smallest absolute Gasteiger partial charge is 0.246 e. The molecule has 0 radical (unpaired) electrons. The molecule has 1 aliphatic rings. The Morgan fingerprint density at radius 3 is 2.35 bits per heavy atom. The zero-order valence-electron chi connectivity index (χ0n) is 10.6. The van der Waals surface area contributed by atoms with Crippen molar-refractivity contribution in [2.24, 2.45) is 16.9 Å². The van der Waals surface area contributed by atoms with Gasteiger partial charge in [-0.15, -0.1) is 0 Å². The number of nitrogens with zero attached hydrogens (tertiary/aromatic N) is 3. The lowest BCUT2D eigenvalue weighted by atomic mass is 10.0. The Labute approximate surface area is 101 Å². The molecule has 1 aliphatic heterocycles. The monoisotopic (exact) mass is 235 g/mol. The molecule has 5 heteroatoms. The number of hydrogen-bond acceptors (Lipinski definition) is 4. The van der Waals surface area contributed by atoms with Crippen LogP contribution < -0.4 is 0 Å². The summed E-state index contributed by atoms with van der Waals surface area (Å²) in [5, 5.41) is 14.1. The molecule has 0 aromatic heterocycles. The number of Topliss-reactive ketones (excluding diaryl/α,β-unsaturated/α-hetero) is 1. The molecule has 1 atom stereocenters. The van der Waals surface area contributed by atoms with Crippen LogP contribution >= 0.6 is 0 Å². The second kappa shape index (κ2) is 5.09. The molecule has 0 saturated heterocycles. The molecule has 0 saturated carbocycles. The van der Waals surface area contributed by atoms with E-state index in [1.165, 1.54) is 0 Å².